The van der Waals surface area contributed by atoms with Crippen LogP contribution in [0.15, 0.2) is 70.7 Å². The van der Waals surface area contributed by atoms with Crippen LogP contribution >= 0.6 is 15.9 Å². The SMILES string of the molecule is COC(=O)c1ccc(N2C(=O)NC(=O)/C(=C\c3cc(Br)c(OCc4ccc(C(=O)O)cc4)c(OC)c3)C2=O)cc1. The summed E-state index contributed by atoms with van der Waals surface area (Å²) in [6.07, 6.45) is 1.31. The normalized spacial score (nSPS) is 14.1. The van der Waals surface area contributed by atoms with Crippen molar-refractivity contribution in [3.05, 3.63) is 93.0 Å². The van der Waals surface area contributed by atoms with Crippen molar-refractivity contribution in [3.63, 3.8) is 0 Å². The van der Waals surface area contributed by atoms with Crippen molar-refractivity contribution < 1.29 is 43.3 Å². The second-order valence-corrected chi connectivity index (χ2v) is 9.18. The van der Waals surface area contributed by atoms with Crippen LogP contribution in [-0.4, -0.2) is 49.1 Å². The number of halogens is 1. The van der Waals surface area contributed by atoms with E-state index >= 15 is 0 Å². The first kappa shape index (κ1) is 28.0. The Morgan fingerprint density at radius 3 is 2.23 bits per heavy atom. The van der Waals surface area contributed by atoms with Gasteiger partial charge in [0.2, 0.25) is 0 Å². The summed E-state index contributed by atoms with van der Waals surface area (Å²) >= 11 is 3.42. The molecule has 11 nitrogen and oxygen atoms in total. The van der Waals surface area contributed by atoms with Crippen LogP contribution in [0.3, 0.4) is 0 Å². The zero-order chi connectivity index (χ0) is 29.0. The van der Waals surface area contributed by atoms with Crippen LogP contribution in [0.25, 0.3) is 6.08 Å². The maximum Gasteiger partial charge on any atom is 0.337 e. The first-order valence-corrected chi connectivity index (χ1v) is 12.3. The van der Waals surface area contributed by atoms with E-state index in [4.69, 9.17) is 14.6 Å². The first-order valence-electron chi connectivity index (χ1n) is 11.5. The summed E-state index contributed by atoms with van der Waals surface area (Å²) in [5.41, 5.74) is 1.33. The second kappa shape index (κ2) is 11.8. The molecule has 2 N–H and O–H groups in total. The van der Waals surface area contributed by atoms with Crippen molar-refractivity contribution in [3.8, 4) is 11.5 Å². The maximum absolute atomic E-state index is 13.2. The van der Waals surface area contributed by atoms with Gasteiger partial charge in [0.25, 0.3) is 11.8 Å². The highest BCUT2D eigenvalue weighted by atomic mass is 79.9. The predicted molar refractivity (Wildman–Crippen MR) is 145 cm³/mol. The lowest BCUT2D eigenvalue weighted by Gasteiger charge is -2.26. The van der Waals surface area contributed by atoms with E-state index in [2.05, 4.69) is 26.0 Å². The highest BCUT2D eigenvalue weighted by Crippen LogP contribution is 2.38. The van der Waals surface area contributed by atoms with E-state index in [9.17, 15) is 24.0 Å². The standard InChI is InChI=1S/C28H21BrN2O9/c1-38-22-13-16(12-21(29)23(22)40-14-15-3-5-17(6-4-15)26(34)35)11-20-24(32)30-28(37)31(25(20)33)19-9-7-18(8-10-19)27(36)39-2/h3-13H,14H2,1-2H3,(H,34,35)(H,30,32,37)/b20-11+. The number of hydrogen-bond donors (Lipinski definition) is 2. The summed E-state index contributed by atoms with van der Waals surface area (Å²) in [6.45, 7) is 0.113. The lowest BCUT2D eigenvalue weighted by atomic mass is 10.1. The molecule has 3 aromatic carbocycles. The van der Waals surface area contributed by atoms with Gasteiger partial charge in [0.15, 0.2) is 11.5 Å². The molecule has 4 rings (SSSR count). The van der Waals surface area contributed by atoms with E-state index in [0.717, 1.165) is 10.5 Å². The molecular formula is C28H21BrN2O9. The number of rotatable bonds is 8. The number of imide groups is 2. The maximum atomic E-state index is 13.2. The zero-order valence-electron chi connectivity index (χ0n) is 21.1. The van der Waals surface area contributed by atoms with E-state index in [1.54, 1.807) is 24.3 Å². The molecule has 0 unspecified atom stereocenters. The Bertz CT molecular complexity index is 1550. The van der Waals surface area contributed by atoms with E-state index in [-0.39, 0.29) is 29.0 Å². The fourth-order valence-electron chi connectivity index (χ4n) is 3.79. The highest BCUT2D eigenvalue weighted by Gasteiger charge is 2.37. The highest BCUT2D eigenvalue weighted by molar-refractivity contribution is 9.10. The third-order valence-electron chi connectivity index (χ3n) is 5.80. The van der Waals surface area contributed by atoms with Crippen LogP contribution in [-0.2, 0) is 20.9 Å². The molecule has 0 aliphatic carbocycles. The van der Waals surface area contributed by atoms with Gasteiger partial charge in [-0.2, -0.15) is 0 Å². The van der Waals surface area contributed by atoms with Gasteiger partial charge in [-0.1, -0.05) is 12.1 Å². The lowest BCUT2D eigenvalue weighted by Crippen LogP contribution is -2.54. The Hall–Kier alpha value is -4.97. The van der Waals surface area contributed by atoms with Crippen molar-refractivity contribution in [1.29, 1.82) is 0 Å². The molecule has 4 amide bonds. The minimum Gasteiger partial charge on any atom is -0.493 e. The molecule has 1 saturated heterocycles. The van der Waals surface area contributed by atoms with Crippen molar-refractivity contribution in [2.24, 2.45) is 0 Å². The van der Waals surface area contributed by atoms with Crippen molar-refractivity contribution in [2.75, 3.05) is 19.1 Å². The number of benzene rings is 3. The zero-order valence-corrected chi connectivity index (χ0v) is 22.7. The summed E-state index contributed by atoms with van der Waals surface area (Å²) < 4.78 is 16.4. The number of ether oxygens (including phenoxy) is 3. The van der Waals surface area contributed by atoms with Crippen LogP contribution in [0.2, 0.25) is 0 Å². The minimum atomic E-state index is -1.03. The topological polar surface area (TPSA) is 149 Å². The van der Waals surface area contributed by atoms with Gasteiger partial charge in [-0.3, -0.25) is 14.9 Å². The fraction of sp³-hybridized carbons (Fsp3) is 0.107. The Morgan fingerprint density at radius 2 is 1.62 bits per heavy atom. The first-order chi connectivity index (χ1) is 19.1. The Balaban J connectivity index is 1.59. The number of urea groups is 1. The molecule has 0 radical (unpaired) electrons. The van der Waals surface area contributed by atoms with Gasteiger partial charge in [0, 0.05) is 0 Å². The summed E-state index contributed by atoms with van der Waals surface area (Å²) in [7, 11) is 2.65. The van der Waals surface area contributed by atoms with Crippen molar-refractivity contribution in [2.45, 2.75) is 6.61 Å². The number of aromatic carboxylic acids is 1. The molecule has 1 heterocycles. The molecule has 0 atom stereocenters. The Labute approximate surface area is 236 Å². The third-order valence-corrected chi connectivity index (χ3v) is 6.38. The summed E-state index contributed by atoms with van der Waals surface area (Å²) in [5, 5.41) is 11.2. The van der Waals surface area contributed by atoms with Crippen LogP contribution in [0.1, 0.15) is 31.8 Å². The van der Waals surface area contributed by atoms with Gasteiger partial charge in [-0.05, 0) is 81.7 Å². The van der Waals surface area contributed by atoms with Gasteiger partial charge >= 0.3 is 18.0 Å². The summed E-state index contributed by atoms with van der Waals surface area (Å²) in [4.78, 5) is 61.9. The van der Waals surface area contributed by atoms with Gasteiger partial charge in [0.05, 0.1) is 35.5 Å². The van der Waals surface area contributed by atoms with Crippen LogP contribution in [0.5, 0.6) is 11.5 Å². The van der Waals surface area contributed by atoms with Gasteiger partial charge in [-0.25, -0.2) is 19.3 Å². The third kappa shape index (κ3) is 5.86. The van der Waals surface area contributed by atoms with Gasteiger partial charge in [-0.15, -0.1) is 0 Å². The van der Waals surface area contributed by atoms with Crippen LogP contribution in [0, 0.1) is 0 Å². The fourth-order valence-corrected chi connectivity index (χ4v) is 4.36. The number of methoxy groups -OCH3 is 2. The molecule has 12 heteroatoms. The quantitative estimate of drug-likeness (QED) is 0.218. The predicted octanol–water partition coefficient (Wildman–Crippen LogP) is 4.19. The number of esters is 1. The van der Waals surface area contributed by atoms with Gasteiger partial charge in [0.1, 0.15) is 12.2 Å². The molecule has 0 bridgehead atoms. The molecule has 1 fully saturated rings. The average Bonchev–Trinajstić information content (AvgIpc) is 2.94. The van der Waals surface area contributed by atoms with Crippen molar-refractivity contribution in [1.82, 2.24) is 5.32 Å². The number of carboxylic acids is 1. The molecule has 40 heavy (non-hydrogen) atoms. The monoisotopic (exact) mass is 608 g/mol. The number of carboxylic acid groups (broad SMARTS) is 1. The number of nitrogens with one attached hydrogen (secondary N) is 1. The van der Waals surface area contributed by atoms with Crippen LogP contribution in [0.4, 0.5) is 10.5 Å². The van der Waals surface area contributed by atoms with Gasteiger partial charge < -0.3 is 19.3 Å². The Kier molecular flexibility index (Phi) is 8.29. The minimum absolute atomic E-state index is 0.113. The average molecular weight is 609 g/mol. The molecule has 0 spiro atoms. The molecular weight excluding hydrogens is 588 g/mol. The molecule has 1 aliphatic heterocycles. The largest absolute Gasteiger partial charge is 0.493 e. The second-order valence-electron chi connectivity index (χ2n) is 8.32. The number of anilines is 1. The number of barbiturate groups is 1. The molecule has 0 aromatic heterocycles. The number of nitrogens with zero attached hydrogens (tertiary/aromatic N) is 1. The summed E-state index contributed by atoms with van der Waals surface area (Å²) in [5.74, 6) is -2.72. The Morgan fingerprint density at radius 1 is 0.975 bits per heavy atom. The number of hydrogen-bond acceptors (Lipinski definition) is 8. The number of carbonyl (C=O) groups excluding carboxylic acids is 4. The van der Waals surface area contributed by atoms with E-state index in [1.807, 2.05) is 0 Å². The lowest BCUT2D eigenvalue weighted by molar-refractivity contribution is -0.122. The van der Waals surface area contributed by atoms with E-state index < -0.39 is 29.8 Å². The van der Waals surface area contributed by atoms with Crippen molar-refractivity contribution >= 4 is 57.5 Å². The number of amides is 4. The molecule has 204 valence electrons. The smallest absolute Gasteiger partial charge is 0.337 e. The van der Waals surface area contributed by atoms with Crippen LogP contribution < -0.4 is 19.7 Å². The van der Waals surface area contributed by atoms with E-state index in [0.29, 0.717) is 21.5 Å². The number of carbonyl (C=O) groups is 5. The molecule has 1 aliphatic rings. The van der Waals surface area contributed by atoms with E-state index in [1.165, 1.54) is 56.7 Å². The summed E-state index contributed by atoms with van der Waals surface area (Å²) in [6, 6.07) is 14.0. The molecule has 3 aromatic rings. The molecule has 0 saturated carbocycles.